The van der Waals surface area contributed by atoms with E-state index in [1.54, 1.807) is 24.6 Å². The Balaban J connectivity index is 1.20. The number of ether oxygens (including phenoxy) is 1. The quantitative estimate of drug-likeness (QED) is 0.624. The number of nitrogens with zero attached hydrogens (tertiary/aromatic N) is 5. The molecule has 1 amide bonds. The van der Waals surface area contributed by atoms with Crippen LogP contribution in [0.1, 0.15) is 12.8 Å². The van der Waals surface area contributed by atoms with Gasteiger partial charge in [-0.25, -0.2) is 9.97 Å². The Kier molecular flexibility index (Phi) is 5.63. The summed E-state index contributed by atoms with van der Waals surface area (Å²) in [5.74, 6) is 1.20. The molecule has 5 rings (SSSR count). The van der Waals surface area contributed by atoms with Crippen LogP contribution in [0.25, 0.3) is 10.3 Å². The van der Waals surface area contributed by atoms with E-state index < -0.39 is 0 Å². The third-order valence-corrected chi connectivity index (χ3v) is 7.27. The maximum absolute atomic E-state index is 13.3. The van der Waals surface area contributed by atoms with Crippen molar-refractivity contribution in [2.75, 3.05) is 56.2 Å². The van der Waals surface area contributed by atoms with E-state index in [2.05, 4.69) is 26.9 Å². The van der Waals surface area contributed by atoms with Crippen LogP contribution in [0.3, 0.4) is 0 Å². The van der Waals surface area contributed by atoms with Crippen LogP contribution >= 0.6 is 11.3 Å². The Hall–Kier alpha value is -2.87. The van der Waals surface area contributed by atoms with E-state index in [0.717, 1.165) is 73.3 Å². The molecular weight excluding hydrogens is 410 g/mol. The average molecular weight is 438 g/mol. The van der Waals surface area contributed by atoms with Crippen LogP contribution in [-0.4, -0.2) is 67.2 Å². The molecule has 0 bridgehead atoms. The largest absolute Gasteiger partial charge is 0.497 e. The summed E-state index contributed by atoms with van der Waals surface area (Å²) in [4.78, 5) is 30.0. The minimum Gasteiger partial charge on any atom is -0.497 e. The average Bonchev–Trinajstić information content (AvgIpc) is 3.28. The normalized spacial score (nSPS) is 19.6. The fraction of sp³-hybridized carbons (Fsp3) is 0.435. The zero-order chi connectivity index (χ0) is 21.2. The van der Waals surface area contributed by atoms with Crippen LogP contribution in [0, 0.1) is 5.92 Å². The predicted octanol–water partition coefficient (Wildman–Crippen LogP) is 3.27. The van der Waals surface area contributed by atoms with E-state index in [0.29, 0.717) is 5.91 Å². The van der Waals surface area contributed by atoms with Gasteiger partial charge in [-0.15, -0.1) is 0 Å². The first-order chi connectivity index (χ1) is 15.2. The fourth-order valence-electron chi connectivity index (χ4n) is 4.48. The van der Waals surface area contributed by atoms with Gasteiger partial charge < -0.3 is 19.4 Å². The van der Waals surface area contributed by atoms with Crippen molar-refractivity contribution < 1.29 is 9.53 Å². The van der Waals surface area contributed by atoms with E-state index in [4.69, 9.17) is 9.72 Å². The molecule has 2 fully saturated rings. The van der Waals surface area contributed by atoms with Crippen LogP contribution < -0.4 is 14.5 Å². The second kappa shape index (κ2) is 8.70. The third kappa shape index (κ3) is 4.17. The highest BCUT2D eigenvalue weighted by atomic mass is 32.1. The molecule has 1 atom stereocenters. The number of aromatic nitrogens is 2. The molecule has 2 aliphatic rings. The topological polar surface area (TPSA) is 61.8 Å². The summed E-state index contributed by atoms with van der Waals surface area (Å²) in [6.07, 6.45) is 3.78. The lowest BCUT2D eigenvalue weighted by molar-refractivity contribution is -0.136. The number of anilines is 2. The number of carbonyl (C=O) groups is 1. The minimum atomic E-state index is 0.0428. The van der Waals surface area contributed by atoms with Gasteiger partial charge in [0, 0.05) is 51.2 Å². The Morgan fingerprint density at radius 3 is 2.61 bits per heavy atom. The molecule has 0 saturated carbocycles. The van der Waals surface area contributed by atoms with Crippen molar-refractivity contribution in [3.8, 4) is 5.75 Å². The molecule has 0 unspecified atom stereocenters. The van der Waals surface area contributed by atoms with Crippen LogP contribution in [0.15, 0.2) is 42.6 Å². The van der Waals surface area contributed by atoms with Gasteiger partial charge in [-0.3, -0.25) is 4.79 Å². The van der Waals surface area contributed by atoms with Crippen molar-refractivity contribution >= 4 is 38.4 Å². The highest BCUT2D eigenvalue weighted by molar-refractivity contribution is 7.21. The van der Waals surface area contributed by atoms with E-state index >= 15 is 0 Å². The number of carbonyl (C=O) groups excluding carboxylic acids is 1. The lowest BCUT2D eigenvalue weighted by atomic mass is 9.96. The summed E-state index contributed by atoms with van der Waals surface area (Å²) in [5.41, 5.74) is 2.12. The summed E-state index contributed by atoms with van der Waals surface area (Å²) in [7, 11) is 1.68. The molecule has 4 heterocycles. The zero-order valence-electron chi connectivity index (χ0n) is 17.7. The fourth-order valence-corrected chi connectivity index (χ4v) is 5.43. The first kappa shape index (κ1) is 20.1. The first-order valence-electron chi connectivity index (χ1n) is 10.9. The maximum Gasteiger partial charge on any atom is 0.227 e. The summed E-state index contributed by atoms with van der Waals surface area (Å²) in [6.45, 7) is 4.96. The lowest BCUT2D eigenvalue weighted by Gasteiger charge is -2.39. The van der Waals surface area contributed by atoms with Gasteiger partial charge in [0.05, 0.1) is 13.0 Å². The molecule has 2 aliphatic heterocycles. The van der Waals surface area contributed by atoms with Gasteiger partial charge >= 0.3 is 0 Å². The van der Waals surface area contributed by atoms with Gasteiger partial charge in [0.1, 0.15) is 16.1 Å². The molecule has 0 radical (unpaired) electrons. The van der Waals surface area contributed by atoms with Gasteiger partial charge in [-0.1, -0.05) is 11.3 Å². The highest BCUT2D eigenvalue weighted by Gasteiger charge is 2.32. The Labute approximate surface area is 186 Å². The van der Waals surface area contributed by atoms with Gasteiger partial charge in [0.2, 0.25) is 5.91 Å². The Bertz CT molecular complexity index is 1010. The van der Waals surface area contributed by atoms with Crippen LogP contribution in [0.2, 0.25) is 0 Å². The summed E-state index contributed by atoms with van der Waals surface area (Å²) >= 11 is 1.62. The zero-order valence-corrected chi connectivity index (χ0v) is 18.6. The molecule has 3 aromatic rings. The smallest absolute Gasteiger partial charge is 0.227 e. The molecule has 31 heavy (non-hydrogen) atoms. The number of benzene rings is 1. The van der Waals surface area contributed by atoms with Crippen molar-refractivity contribution in [1.82, 2.24) is 14.9 Å². The number of amides is 1. The molecule has 0 spiro atoms. The number of rotatable bonds is 4. The number of hydrogen-bond acceptors (Lipinski definition) is 7. The van der Waals surface area contributed by atoms with E-state index in [1.165, 1.54) is 5.69 Å². The molecule has 8 heteroatoms. The summed E-state index contributed by atoms with van der Waals surface area (Å²) < 4.78 is 5.25. The molecule has 0 N–H and O–H groups in total. The van der Waals surface area contributed by atoms with E-state index in [9.17, 15) is 4.79 Å². The van der Waals surface area contributed by atoms with Crippen LogP contribution in [0.5, 0.6) is 5.75 Å². The number of fused-ring (bicyclic) bond motifs is 1. The lowest BCUT2D eigenvalue weighted by Crippen LogP contribution is -2.52. The third-order valence-electron chi connectivity index (χ3n) is 6.23. The van der Waals surface area contributed by atoms with Gasteiger partial charge in [0.25, 0.3) is 0 Å². The van der Waals surface area contributed by atoms with Crippen LogP contribution in [0.4, 0.5) is 10.8 Å². The molecule has 7 nitrogen and oxygen atoms in total. The molecule has 2 aromatic heterocycles. The monoisotopic (exact) mass is 437 g/mol. The van der Waals surface area contributed by atoms with Gasteiger partial charge in [0.15, 0.2) is 5.13 Å². The number of pyridine rings is 1. The molecule has 1 aromatic carbocycles. The number of piperidine rings is 1. The van der Waals surface area contributed by atoms with Gasteiger partial charge in [-0.2, -0.15) is 0 Å². The standard InChI is InChI=1S/C23H27N5O2S/c1-30-19-8-6-18(7-9-19)26-12-14-27(15-13-26)22(29)17-4-3-11-28(16-17)23-25-20-5-2-10-24-21(20)31-23/h2,5-10,17H,3-4,11-16H2,1H3/t17-/m1/s1. The highest BCUT2D eigenvalue weighted by Crippen LogP contribution is 2.31. The van der Waals surface area contributed by atoms with Crippen molar-refractivity contribution in [3.63, 3.8) is 0 Å². The van der Waals surface area contributed by atoms with Gasteiger partial charge in [-0.05, 0) is 49.2 Å². The first-order valence-corrected chi connectivity index (χ1v) is 11.7. The molecular formula is C23H27N5O2S. The molecule has 2 saturated heterocycles. The number of methoxy groups -OCH3 is 1. The SMILES string of the molecule is COc1ccc(N2CCN(C(=O)[C@@H]3CCCN(c4nc5cccnc5s4)C3)CC2)cc1. The maximum atomic E-state index is 13.3. The summed E-state index contributed by atoms with van der Waals surface area (Å²) in [5, 5.41) is 0.982. The second-order valence-electron chi connectivity index (χ2n) is 8.12. The van der Waals surface area contributed by atoms with Crippen molar-refractivity contribution in [1.29, 1.82) is 0 Å². The molecule has 162 valence electrons. The Morgan fingerprint density at radius 1 is 1.06 bits per heavy atom. The van der Waals surface area contributed by atoms with E-state index in [1.807, 2.05) is 29.2 Å². The Morgan fingerprint density at radius 2 is 1.87 bits per heavy atom. The number of thiazole rings is 1. The van der Waals surface area contributed by atoms with Crippen molar-refractivity contribution in [3.05, 3.63) is 42.6 Å². The number of hydrogen-bond donors (Lipinski definition) is 0. The number of piperazine rings is 1. The summed E-state index contributed by atoms with van der Waals surface area (Å²) in [6, 6.07) is 12.1. The van der Waals surface area contributed by atoms with Crippen molar-refractivity contribution in [2.24, 2.45) is 5.92 Å². The van der Waals surface area contributed by atoms with Crippen molar-refractivity contribution in [2.45, 2.75) is 12.8 Å². The van der Waals surface area contributed by atoms with Crippen LogP contribution in [-0.2, 0) is 4.79 Å². The minimum absolute atomic E-state index is 0.0428. The molecule has 0 aliphatic carbocycles. The second-order valence-corrected chi connectivity index (χ2v) is 9.08. The predicted molar refractivity (Wildman–Crippen MR) is 124 cm³/mol. The van der Waals surface area contributed by atoms with E-state index in [-0.39, 0.29) is 5.92 Å².